The Bertz CT molecular complexity index is 493. The fourth-order valence-corrected chi connectivity index (χ4v) is 2.29. The van der Waals surface area contributed by atoms with Gasteiger partial charge in [-0.25, -0.2) is 8.78 Å². The molecule has 0 saturated heterocycles. The van der Waals surface area contributed by atoms with E-state index in [0.29, 0.717) is 16.2 Å². The average molecular weight is 303 g/mol. The minimum atomic E-state index is -2.64. The smallest absolute Gasteiger partial charge is 0.264 e. The lowest BCUT2D eigenvalue weighted by molar-refractivity contribution is 0.0513. The summed E-state index contributed by atoms with van der Waals surface area (Å²) in [6.45, 7) is -1.24. The van der Waals surface area contributed by atoms with E-state index in [0.717, 1.165) is 16.2 Å². The van der Waals surface area contributed by atoms with Gasteiger partial charge in [-0.15, -0.1) is 11.3 Å². The van der Waals surface area contributed by atoms with Gasteiger partial charge >= 0.3 is 0 Å². The van der Waals surface area contributed by atoms with Gasteiger partial charge in [0.15, 0.2) is 0 Å². The molecule has 1 aromatic heterocycles. The third-order valence-electron chi connectivity index (χ3n) is 2.28. The predicted molar refractivity (Wildman–Crippen MR) is 71.9 cm³/mol. The SMILES string of the molecule is O=C(c1ccc(C#CCCO)s1)N(CCO)CC(F)F. The summed E-state index contributed by atoms with van der Waals surface area (Å²) < 4.78 is 24.8. The monoisotopic (exact) mass is 303 g/mol. The molecule has 1 aromatic rings. The van der Waals surface area contributed by atoms with Gasteiger partial charge in [0.1, 0.15) is 0 Å². The molecule has 1 heterocycles. The standard InChI is InChI=1S/C13H15F2NO3S/c14-12(15)9-16(6-8-18)13(19)11-5-4-10(20-11)3-1-2-7-17/h4-5,12,17-18H,2,6-9H2. The highest BCUT2D eigenvalue weighted by atomic mass is 32.1. The van der Waals surface area contributed by atoms with Crippen LogP contribution >= 0.6 is 11.3 Å². The van der Waals surface area contributed by atoms with Crippen molar-refractivity contribution in [1.29, 1.82) is 0 Å². The largest absolute Gasteiger partial charge is 0.395 e. The molecule has 0 aliphatic rings. The second kappa shape index (κ2) is 8.64. The summed E-state index contributed by atoms with van der Waals surface area (Å²) in [6.07, 6.45) is -2.31. The molecule has 4 nitrogen and oxygen atoms in total. The van der Waals surface area contributed by atoms with Gasteiger partial charge in [0, 0.05) is 13.0 Å². The molecule has 0 saturated carbocycles. The summed E-state index contributed by atoms with van der Waals surface area (Å²) in [5.41, 5.74) is 0. The van der Waals surface area contributed by atoms with Gasteiger partial charge in [-0.3, -0.25) is 4.79 Å². The highest BCUT2D eigenvalue weighted by Gasteiger charge is 2.20. The summed E-state index contributed by atoms with van der Waals surface area (Å²) in [4.78, 5) is 13.9. The van der Waals surface area contributed by atoms with Crippen molar-refractivity contribution in [3.8, 4) is 11.8 Å². The summed E-state index contributed by atoms with van der Waals surface area (Å²) in [7, 11) is 0. The lowest BCUT2D eigenvalue weighted by Crippen LogP contribution is -2.36. The fraction of sp³-hybridized carbons (Fsp3) is 0.462. The van der Waals surface area contributed by atoms with Crippen molar-refractivity contribution in [1.82, 2.24) is 4.90 Å². The summed E-state index contributed by atoms with van der Waals surface area (Å²) in [5, 5.41) is 17.4. The van der Waals surface area contributed by atoms with Crippen molar-refractivity contribution in [2.24, 2.45) is 0 Å². The second-order valence-electron chi connectivity index (χ2n) is 3.81. The zero-order valence-corrected chi connectivity index (χ0v) is 11.5. The van der Waals surface area contributed by atoms with E-state index in [-0.39, 0.29) is 19.8 Å². The van der Waals surface area contributed by atoms with Crippen molar-refractivity contribution < 1.29 is 23.8 Å². The van der Waals surface area contributed by atoms with Crippen LogP contribution in [0.4, 0.5) is 8.78 Å². The van der Waals surface area contributed by atoms with Crippen LogP contribution in [-0.2, 0) is 0 Å². The number of aliphatic hydroxyl groups excluding tert-OH is 2. The lowest BCUT2D eigenvalue weighted by Gasteiger charge is -2.20. The van der Waals surface area contributed by atoms with E-state index in [1.54, 1.807) is 6.07 Å². The van der Waals surface area contributed by atoms with E-state index in [1.165, 1.54) is 6.07 Å². The number of alkyl halides is 2. The number of hydrogen-bond acceptors (Lipinski definition) is 4. The summed E-state index contributed by atoms with van der Waals surface area (Å²) in [5.74, 6) is 4.95. The number of hydrogen-bond donors (Lipinski definition) is 2. The van der Waals surface area contributed by atoms with Gasteiger partial charge in [-0.2, -0.15) is 0 Å². The predicted octanol–water partition coefficient (Wildman–Crippen LogP) is 1.18. The first kappa shape index (κ1) is 16.6. The van der Waals surface area contributed by atoms with Gasteiger partial charge in [0.25, 0.3) is 12.3 Å². The topological polar surface area (TPSA) is 60.8 Å². The highest BCUT2D eigenvalue weighted by molar-refractivity contribution is 7.14. The van der Waals surface area contributed by atoms with Crippen LogP contribution in [0.5, 0.6) is 0 Å². The third kappa shape index (κ3) is 5.25. The van der Waals surface area contributed by atoms with E-state index in [4.69, 9.17) is 10.2 Å². The van der Waals surface area contributed by atoms with Crippen LogP contribution in [-0.4, -0.2) is 53.7 Å². The van der Waals surface area contributed by atoms with Crippen LogP contribution < -0.4 is 0 Å². The molecular weight excluding hydrogens is 288 g/mol. The van der Waals surface area contributed by atoms with Crippen LogP contribution in [0, 0.1) is 11.8 Å². The number of aliphatic hydroxyl groups is 2. The van der Waals surface area contributed by atoms with Crippen LogP contribution in [0.15, 0.2) is 12.1 Å². The zero-order valence-electron chi connectivity index (χ0n) is 10.7. The molecular formula is C13H15F2NO3S. The van der Waals surface area contributed by atoms with Crippen molar-refractivity contribution in [2.45, 2.75) is 12.8 Å². The molecule has 0 unspecified atom stereocenters. The van der Waals surface area contributed by atoms with Crippen molar-refractivity contribution in [2.75, 3.05) is 26.3 Å². The quantitative estimate of drug-likeness (QED) is 0.776. The third-order valence-corrected chi connectivity index (χ3v) is 3.27. The molecule has 0 atom stereocenters. The molecule has 7 heteroatoms. The normalized spacial score (nSPS) is 10.2. The number of rotatable bonds is 6. The first-order valence-corrected chi connectivity index (χ1v) is 6.78. The molecule has 20 heavy (non-hydrogen) atoms. The Balaban J connectivity index is 2.77. The number of halogens is 2. The Kier molecular flexibility index (Phi) is 7.15. The Labute approximate surface area is 119 Å². The van der Waals surface area contributed by atoms with Crippen molar-refractivity contribution in [3.05, 3.63) is 21.9 Å². The van der Waals surface area contributed by atoms with Gasteiger partial charge in [0.2, 0.25) is 0 Å². The molecule has 1 rings (SSSR count). The van der Waals surface area contributed by atoms with Gasteiger partial charge in [-0.05, 0) is 12.1 Å². The number of thiophene rings is 1. The average Bonchev–Trinajstić information content (AvgIpc) is 2.86. The lowest BCUT2D eigenvalue weighted by atomic mass is 10.3. The molecule has 1 amide bonds. The van der Waals surface area contributed by atoms with Crippen LogP contribution in [0.2, 0.25) is 0 Å². The minimum Gasteiger partial charge on any atom is -0.395 e. The Morgan fingerprint density at radius 3 is 2.70 bits per heavy atom. The molecule has 0 bridgehead atoms. The molecule has 0 radical (unpaired) electrons. The summed E-state index contributed by atoms with van der Waals surface area (Å²) in [6, 6.07) is 3.15. The van der Waals surface area contributed by atoms with E-state index in [9.17, 15) is 13.6 Å². The number of amides is 1. The molecule has 0 aliphatic carbocycles. The molecule has 110 valence electrons. The minimum absolute atomic E-state index is 0.0389. The van der Waals surface area contributed by atoms with Gasteiger partial charge in [0.05, 0.1) is 29.5 Å². The fourth-order valence-electron chi connectivity index (χ4n) is 1.44. The molecule has 0 spiro atoms. The van der Waals surface area contributed by atoms with Gasteiger partial charge in [-0.1, -0.05) is 11.8 Å². The molecule has 0 fully saturated rings. The Morgan fingerprint density at radius 2 is 2.10 bits per heavy atom. The second-order valence-corrected chi connectivity index (χ2v) is 4.89. The van der Waals surface area contributed by atoms with Crippen LogP contribution in [0.3, 0.4) is 0 Å². The Hall–Kier alpha value is -1.49. The zero-order chi connectivity index (χ0) is 15.0. The van der Waals surface area contributed by atoms with E-state index in [1.807, 2.05) is 0 Å². The number of carbonyl (C=O) groups excluding carboxylic acids is 1. The maximum atomic E-state index is 12.4. The maximum absolute atomic E-state index is 12.4. The number of carbonyl (C=O) groups is 1. The first-order valence-electron chi connectivity index (χ1n) is 5.96. The van der Waals surface area contributed by atoms with Crippen LogP contribution in [0.25, 0.3) is 0 Å². The van der Waals surface area contributed by atoms with Crippen molar-refractivity contribution in [3.63, 3.8) is 0 Å². The van der Waals surface area contributed by atoms with E-state index >= 15 is 0 Å². The maximum Gasteiger partial charge on any atom is 0.264 e. The molecule has 0 aliphatic heterocycles. The Morgan fingerprint density at radius 1 is 1.35 bits per heavy atom. The van der Waals surface area contributed by atoms with Crippen molar-refractivity contribution >= 4 is 17.2 Å². The highest BCUT2D eigenvalue weighted by Crippen LogP contribution is 2.18. The summed E-state index contributed by atoms with van der Waals surface area (Å²) >= 11 is 1.10. The van der Waals surface area contributed by atoms with E-state index in [2.05, 4.69) is 11.8 Å². The van der Waals surface area contributed by atoms with Crippen LogP contribution in [0.1, 0.15) is 21.0 Å². The van der Waals surface area contributed by atoms with E-state index < -0.39 is 18.9 Å². The molecule has 2 N–H and O–H groups in total. The number of nitrogens with zero attached hydrogens (tertiary/aromatic N) is 1. The van der Waals surface area contributed by atoms with Gasteiger partial charge < -0.3 is 15.1 Å². The first-order chi connectivity index (χ1) is 9.58. The molecule has 0 aromatic carbocycles.